The average Bonchev–Trinajstić information content (AvgIpc) is 3.21. The van der Waals surface area contributed by atoms with Gasteiger partial charge in [-0.3, -0.25) is 0 Å². The molecule has 0 saturated heterocycles. The van der Waals surface area contributed by atoms with E-state index in [0.717, 1.165) is 11.6 Å². The van der Waals surface area contributed by atoms with E-state index in [2.05, 4.69) is 43.4 Å². The van der Waals surface area contributed by atoms with E-state index in [1.165, 1.54) is 33.9 Å². The first kappa shape index (κ1) is 12.8. The zero-order chi connectivity index (χ0) is 13.4. The summed E-state index contributed by atoms with van der Waals surface area (Å²) in [4.78, 5) is 6.15. The van der Waals surface area contributed by atoms with E-state index >= 15 is 0 Å². The van der Waals surface area contributed by atoms with E-state index in [0.29, 0.717) is 6.04 Å². The third-order valence-corrected chi connectivity index (χ3v) is 5.24. The number of benzene rings is 1. The van der Waals surface area contributed by atoms with Crippen molar-refractivity contribution in [3.63, 3.8) is 0 Å². The summed E-state index contributed by atoms with van der Waals surface area (Å²) in [6.07, 6.45) is 2.67. The molecule has 0 radical (unpaired) electrons. The summed E-state index contributed by atoms with van der Waals surface area (Å²) >= 11 is 1.83. The first-order valence-corrected chi connectivity index (χ1v) is 7.76. The molecular formula is C16H20N2S. The molecule has 1 unspecified atom stereocenters. The van der Waals surface area contributed by atoms with Gasteiger partial charge in [0.1, 0.15) is 5.01 Å². The fourth-order valence-corrected chi connectivity index (χ4v) is 3.67. The third kappa shape index (κ3) is 2.45. The van der Waals surface area contributed by atoms with E-state index in [9.17, 15) is 0 Å². The van der Waals surface area contributed by atoms with Crippen molar-refractivity contribution in [3.8, 4) is 10.6 Å². The second kappa shape index (κ2) is 5.06. The summed E-state index contributed by atoms with van der Waals surface area (Å²) in [5, 5.41) is 4.48. The Morgan fingerprint density at radius 2 is 2.05 bits per heavy atom. The molecule has 0 amide bonds. The van der Waals surface area contributed by atoms with Crippen molar-refractivity contribution < 1.29 is 0 Å². The maximum atomic E-state index is 4.80. The lowest BCUT2D eigenvalue weighted by Crippen LogP contribution is -2.11. The lowest BCUT2D eigenvalue weighted by Gasteiger charge is -2.07. The summed E-state index contributed by atoms with van der Waals surface area (Å²) < 4.78 is 0. The van der Waals surface area contributed by atoms with Gasteiger partial charge in [0.2, 0.25) is 0 Å². The van der Waals surface area contributed by atoms with Crippen molar-refractivity contribution in [2.75, 3.05) is 7.05 Å². The minimum atomic E-state index is 0.374. The van der Waals surface area contributed by atoms with Gasteiger partial charge in [-0.2, -0.15) is 0 Å². The van der Waals surface area contributed by atoms with Crippen LogP contribution in [0.3, 0.4) is 0 Å². The van der Waals surface area contributed by atoms with Crippen molar-refractivity contribution in [1.29, 1.82) is 0 Å². The maximum Gasteiger partial charge on any atom is 0.124 e. The Labute approximate surface area is 118 Å². The minimum Gasteiger partial charge on any atom is -0.312 e. The molecule has 0 spiro atoms. The molecule has 0 bridgehead atoms. The number of thiazole rings is 1. The minimum absolute atomic E-state index is 0.374. The molecular weight excluding hydrogens is 252 g/mol. The zero-order valence-corrected chi connectivity index (χ0v) is 12.6. The summed E-state index contributed by atoms with van der Waals surface area (Å²) in [6.45, 7) is 4.31. The van der Waals surface area contributed by atoms with Gasteiger partial charge in [-0.25, -0.2) is 4.98 Å². The highest BCUT2D eigenvalue weighted by Gasteiger charge is 2.27. The average molecular weight is 272 g/mol. The Morgan fingerprint density at radius 3 is 2.74 bits per heavy atom. The van der Waals surface area contributed by atoms with Gasteiger partial charge in [-0.1, -0.05) is 24.3 Å². The van der Waals surface area contributed by atoms with E-state index in [1.807, 2.05) is 18.4 Å². The molecule has 1 aliphatic rings. The molecule has 1 saturated carbocycles. The van der Waals surface area contributed by atoms with Crippen LogP contribution in [0, 0.1) is 6.92 Å². The topological polar surface area (TPSA) is 24.9 Å². The molecule has 2 aromatic rings. The van der Waals surface area contributed by atoms with Crippen molar-refractivity contribution in [2.45, 2.75) is 38.6 Å². The molecule has 3 heteroatoms. The molecule has 1 fully saturated rings. The normalized spacial score (nSPS) is 16.6. The standard InChI is InChI=1S/C16H20N2S/c1-10(17-3)15-11(2)18-16(19-15)14-7-5-4-6-13(14)12-8-9-12/h4-7,10,12,17H,8-9H2,1-3H3. The monoisotopic (exact) mass is 272 g/mol. The Hall–Kier alpha value is -1.19. The fraction of sp³-hybridized carbons (Fsp3) is 0.438. The molecule has 2 nitrogen and oxygen atoms in total. The van der Waals surface area contributed by atoms with E-state index in [-0.39, 0.29) is 0 Å². The van der Waals surface area contributed by atoms with Crippen LogP contribution in [0.15, 0.2) is 24.3 Å². The summed E-state index contributed by atoms with van der Waals surface area (Å²) in [5.74, 6) is 0.769. The van der Waals surface area contributed by atoms with Gasteiger partial charge in [-0.05, 0) is 45.2 Å². The predicted molar refractivity (Wildman–Crippen MR) is 81.7 cm³/mol. The highest BCUT2D eigenvalue weighted by Crippen LogP contribution is 2.45. The molecule has 1 atom stereocenters. The quantitative estimate of drug-likeness (QED) is 0.898. The Kier molecular flexibility index (Phi) is 3.42. The van der Waals surface area contributed by atoms with Crippen LogP contribution in [0.1, 0.15) is 47.9 Å². The molecule has 1 N–H and O–H groups in total. The molecule has 1 aromatic heterocycles. The molecule has 1 aliphatic carbocycles. The zero-order valence-electron chi connectivity index (χ0n) is 11.7. The smallest absolute Gasteiger partial charge is 0.124 e. The van der Waals surface area contributed by atoms with Crippen molar-refractivity contribution in [1.82, 2.24) is 10.3 Å². The number of nitrogens with one attached hydrogen (secondary N) is 1. The van der Waals surface area contributed by atoms with Crippen molar-refractivity contribution in [2.24, 2.45) is 0 Å². The van der Waals surface area contributed by atoms with Gasteiger partial charge in [-0.15, -0.1) is 11.3 Å². The van der Waals surface area contributed by atoms with Crippen LogP contribution in [-0.2, 0) is 0 Å². The number of rotatable bonds is 4. The number of aryl methyl sites for hydroxylation is 1. The van der Waals surface area contributed by atoms with E-state index in [1.54, 1.807) is 0 Å². The van der Waals surface area contributed by atoms with Crippen LogP contribution < -0.4 is 5.32 Å². The second-order valence-corrected chi connectivity index (χ2v) is 6.37. The molecule has 19 heavy (non-hydrogen) atoms. The predicted octanol–water partition coefficient (Wildman–Crippen LogP) is 4.28. The number of hydrogen-bond acceptors (Lipinski definition) is 3. The number of aromatic nitrogens is 1. The Bertz CT molecular complexity index is 584. The van der Waals surface area contributed by atoms with Crippen LogP contribution in [0.4, 0.5) is 0 Å². The Balaban J connectivity index is 2.03. The van der Waals surface area contributed by atoms with Crippen molar-refractivity contribution in [3.05, 3.63) is 40.4 Å². The SMILES string of the molecule is CNC(C)c1sc(-c2ccccc2C2CC2)nc1C. The third-order valence-electron chi connectivity index (χ3n) is 3.87. The lowest BCUT2D eigenvalue weighted by molar-refractivity contribution is 0.658. The number of hydrogen-bond donors (Lipinski definition) is 1. The highest BCUT2D eigenvalue weighted by molar-refractivity contribution is 7.15. The highest BCUT2D eigenvalue weighted by atomic mass is 32.1. The van der Waals surface area contributed by atoms with Crippen LogP contribution >= 0.6 is 11.3 Å². The molecule has 0 aliphatic heterocycles. The van der Waals surface area contributed by atoms with Gasteiger partial charge in [0.15, 0.2) is 0 Å². The van der Waals surface area contributed by atoms with Gasteiger partial charge in [0.25, 0.3) is 0 Å². The molecule has 3 rings (SSSR count). The van der Waals surface area contributed by atoms with Crippen molar-refractivity contribution >= 4 is 11.3 Å². The van der Waals surface area contributed by atoms with Crippen LogP contribution in [-0.4, -0.2) is 12.0 Å². The maximum absolute atomic E-state index is 4.80. The first-order chi connectivity index (χ1) is 9.20. The molecule has 1 aromatic carbocycles. The van der Waals surface area contributed by atoms with E-state index < -0.39 is 0 Å². The van der Waals surface area contributed by atoms with Crippen LogP contribution in [0.5, 0.6) is 0 Å². The van der Waals surface area contributed by atoms with Gasteiger partial charge in [0, 0.05) is 16.5 Å². The van der Waals surface area contributed by atoms with Crippen LogP contribution in [0.2, 0.25) is 0 Å². The Morgan fingerprint density at radius 1 is 1.32 bits per heavy atom. The van der Waals surface area contributed by atoms with E-state index in [4.69, 9.17) is 4.98 Å². The van der Waals surface area contributed by atoms with Gasteiger partial charge >= 0.3 is 0 Å². The first-order valence-electron chi connectivity index (χ1n) is 6.94. The second-order valence-electron chi connectivity index (χ2n) is 5.34. The van der Waals surface area contributed by atoms with Gasteiger partial charge < -0.3 is 5.32 Å². The summed E-state index contributed by atoms with van der Waals surface area (Å²) in [5.41, 5.74) is 3.99. The lowest BCUT2D eigenvalue weighted by atomic mass is 10.0. The largest absolute Gasteiger partial charge is 0.312 e. The summed E-state index contributed by atoms with van der Waals surface area (Å²) in [7, 11) is 2.00. The summed E-state index contributed by atoms with van der Waals surface area (Å²) in [6, 6.07) is 9.14. The van der Waals surface area contributed by atoms with Gasteiger partial charge in [0.05, 0.1) is 5.69 Å². The molecule has 100 valence electrons. The fourth-order valence-electron chi connectivity index (χ4n) is 2.50. The molecule has 1 heterocycles. The van der Waals surface area contributed by atoms with Crippen LogP contribution in [0.25, 0.3) is 10.6 Å². The number of nitrogens with zero attached hydrogens (tertiary/aromatic N) is 1.